The third-order valence-corrected chi connectivity index (χ3v) is 11.7. The van der Waals surface area contributed by atoms with Crippen LogP contribution >= 0.6 is 11.6 Å². The zero-order valence-corrected chi connectivity index (χ0v) is 48.4. The van der Waals surface area contributed by atoms with Gasteiger partial charge in [0, 0.05) is 58.6 Å². The minimum absolute atomic E-state index is 0.0348. The lowest BCUT2D eigenvalue weighted by Gasteiger charge is -2.29. The first-order valence-electron chi connectivity index (χ1n) is 26.2. The molecule has 2 aromatic rings. The molecule has 0 aliphatic carbocycles. The van der Waals surface area contributed by atoms with Crippen molar-refractivity contribution in [2.24, 2.45) is 35.5 Å². The number of methoxy groups -OCH3 is 2. The van der Waals surface area contributed by atoms with Crippen LogP contribution in [0.15, 0.2) is 48.5 Å². The van der Waals surface area contributed by atoms with Gasteiger partial charge in [-0.3, -0.25) is 19.2 Å². The van der Waals surface area contributed by atoms with E-state index < -0.39 is 70.9 Å². The molecule has 3 N–H and O–H groups in total. The number of carbonyl (C=O) groups excluding carboxylic acids is 5. The fraction of sp³-hybridized carbons (Fsp3) is 0.679. The van der Waals surface area contributed by atoms with Crippen LogP contribution in [0.25, 0.3) is 0 Å². The maximum atomic E-state index is 12.8. The Labute approximate surface area is 460 Å². The summed E-state index contributed by atoms with van der Waals surface area (Å²) in [6, 6.07) is 15.3. The molecule has 0 aromatic heterocycles. The van der Waals surface area contributed by atoms with E-state index in [0.717, 1.165) is 16.9 Å². The highest BCUT2D eigenvalue weighted by atomic mass is 35.5. The lowest BCUT2D eigenvalue weighted by atomic mass is 9.96. The standard InChI is InChI=1S/C28H43NO9.C17H23ClO5.C11H21NO4/c1-18(2)23(15-29-27(32)38-28(4,5)6)26(31)37-19(3)36-25(30)20-12-13-34-22(14-20)17-35-24-11-9-8-10-21(24)16-33-7;1-12(18)23-17(19)13-7-8-21-15(9-13)11-22-16-6-4-3-5-14(16)10-20-2;1-7(2)8(9(13)14)6-12-10(15)16-11(3,4)5/h8-11,18-20,22-23H,12-17H2,1-7H3,(H,29,32);3-6,12-13,15H,7-11H2,1-2H3;7-8H,6H2,1-5H3,(H,12,15)(H,13,14)/t19?,20?,22?,23-;;8-/m0.0/s1. The first-order valence-corrected chi connectivity index (χ1v) is 26.6. The average molecular weight is 1110 g/mol. The van der Waals surface area contributed by atoms with Crippen LogP contribution in [0.2, 0.25) is 0 Å². The molecule has 0 bridgehead atoms. The molecule has 0 spiro atoms. The number of nitrogens with one attached hydrogen (secondary N) is 2. The van der Waals surface area contributed by atoms with Gasteiger partial charge in [-0.25, -0.2) is 9.59 Å². The van der Waals surface area contributed by atoms with Crippen LogP contribution in [0.5, 0.6) is 11.5 Å². The molecule has 0 saturated carbocycles. The van der Waals surface area contributed by atoms with Crippen LogP contribution in [0, 0.1) is 35.5 Å². The molecule has 2 heterocycles. The van der Waals surface area contributed by atoms with E-state index >= 15 is 0 Å². The monoisotopic (exact) mass is 1110 g/mol. The molecule has 20 nitrogen and oxygen atoms in total. The lowest BCUT2D eigenvalue weighted by Crippen LogP contribution is -2.40. The largest absolute Gasteiger partial charge is 0.491 e. The Balaban J connectivity index is 0.000000439. The molecular formula is C56H87ClN2O18. The van der Waals surface area contributed by atoms with E-state index in [1.807, 2.05) is 62.4 Å². The van der Waals surface area contributed by atoms with Gasteiger partial charge in [-0.2, -0.15) is 0 Å². The fourth-order valence-electron chi connectivity index (χ4n) is 7.63. The van der Waals surface area contributed by atoms with Crippen LogP contribution in [-0.4, -0.2) is 130 Å². The van der Waals surface area contributed by atoms with Crippen molar-refractivity contribution >= 4 is 47.7 Å². The third kappa shape index (κ3) is 28.2. The van der Waals surface area contributed by atoms with Gasteiger partial charge in [0.1, 0.15) is 35.9 Å². The molecule has 2 fully saturated rings. The minimum Gasteiger partial charge on any atom is -0.491 e. The topological polar surface area (TPSA) is 248 Å². The van der Waals surface area contributed by atoms with E-state index in [9.17, 15) is 28.8 Å². The smallest absolute Gasteiger partial charge is 0.407 e. The summed E-state index contributed by atoms with van der Waals surface area (Å²) in [4.78, 5) is 71.6. The summed E-state index contributed by atoms with van der Waals surface area (Å²) in [6.07, 6.45) is -0.521. The van der Waals surface area contributed by atoms with E-state index in [-0.39, 0.29) is 55.6 Å². The van der Waals surface area contributed by atoms with Gasteiger partial charge in [-0.15, -0.1) is 0 Å². The number of carboxylic acid groups (broad SMARTS) is 1. The van der Waals surface area contributed by atoms with Crippen molar-refractivity contribution in [1.82, 2.24) is 10.6 Å². The summed E-state index contributed by atoms with van der Waals surface area (Å²) in [5, 5.41) is 14.0. The van der Waals surface area contributed by atoms with Crippen LogP contribution < -0.4 is 20.1 Å². The highest BCUT2D eigenvalue weighted by Gasteiger charge is 2.34. The van der Waals surface area contributed by atoms with Crippen LogP contribution in [0.3, 0.4) is 0 Å². The van der Waals surface area contributed by atoms with Crippen molar-refractivity contribution in [3.63, 3.8) is 0 Å². The Bertz CT molecular complexity index is 2110. The van der Waals surface area contributed by atoms with Gasteiger partial charge in [0.15, 0.2) is 5.56 Å². The van der Waals surface area contributed by atoms with E-state index in [2.05, 4.69) is 10.6 Å². The number of carboxylic acids is 1. The zero-order chi connectivity index (χ0) is 57.9. The van der Waals surface area contributed by atoms with Crippen molar-refractivity contribution < 1.29 is 86.0 Å². The molecule has 2 aliphatic heterocycles. The summed E-state index contributed by atoms with van der Waals surface area (Å²) >= 11 is 5.71. The van der Waals surface area contributed by atoms with Crippen molar-refractivity contribution in [2.75, 3.05) is 53.7 Å². The number of hydrogen-bond acceptors (Lipinski definition) is 17. The maximum absolute atomic E-state index is 12.8. The Morgan fingerprint density at radius 2 is 1.03 bits per heavy atom. The van der Waals surface area contributed by atoms with Crippen LogP contribution in [0.1, 0.15) is 120 Å². The molecule has 4 rings (SSSR count). The van der Waals surface area contributed by atoms with Gasteiger partial charge >= 0.3 is 36.1 Å². The predicted molar refractivity (Wildman–Crippen MR) is 286 cm³/mol. The normalized spacial score (nSPS) is 19.0. The highest BCUT2D eigenvalue weighted by molar-refractivity contribution is 6.20. The van der Waals surface area contributed by atoms with Gasteiger partial charge in [0.05, 0.1) is 49.1 Å². The Hall–Kier alpha value is -5.41. The Morgan fingerprint density at radius 3 is 1.40 bits per heavy atom. The maximum Gasteiger partial charge on any atom is 0.407 e. The summed E-state index contributed by atoms with van der Waals surface area (Å²) in [5.74, 6) is -2.67. The number of benzene rings is 2. The Kier molecular flexibility index (Phi) is 30.3. The molecule has 8 atom stereocenters. The van der Waals surface area contributed by atoms with E-state index in [0.29, 0.717) is 64.5 Å². The molecule has 21 heteroatoms. The van der Waals surface area contributed by atoms with Gasteiger partial charge in [-0.05, 0) is 98.1 Å². The van der Waals surface area contributed by atoms with Crippen molar-refractivity contribution in [3.8, 4) is 11.5 Å². The molecule has 2 saturated heterocycles. The average Bonchev–Trinajstić information content (AvgIpc) is 3.32. The number of ether oxygens (including phenoxy) is 11. The Morgan fingerprint density at radius 1 is 0.623 bits per heavy atom. The second-order valence-corrected chi connectivity index (χ2v) is 22.0. The summed E-state index contributed by atoms with van der Waals surface area (Å²) in [7, 11) is 3.27. The quantitative estimate of drug-likeness (QED) is 0.0406. The predicted octanol–water partition coefficient (Wildman–Crippen LogP) is 9.24. The molecule has 0 radical (unpaired) electrons. The summed E-state index contributed by atoms with van der Waals surface area (Å²) < 4.78 is 59.8. The number of hydrogen-bond donors (Lipinski definition) is 3. The fourth-order valence-corrected chi connectivity index (χ4v) is 7.72. The van der Waals surface area contributed by atoms with Gasteiger partial charge < -0.3 is 67.8 Å². The molecule has 6 unspecified atom stereocenters. The van der Waals surface area contributed by atoms with Gasteiger partial charge in [0.25, 0.3) is 0 Å². The number of para-hydroxylation sites is 2. The van der Waals surface area contributed by atoms with Crippen molar-refractivity contribution in [2.45, 2.75) is 157 Å². The lowest BCUT2D eigenvalue weighted by molar-refractivity contribution is -0.193. The number of carbonyl (C=O) groups is 6. The third-order valence-electron chi connectivity index (χ3n) is 11.6. The summed E-state index contributed by atoms with van der Waals surface area (Å²) in [5.41, 5.74) is 0.0857. The number of aliphatic carboxylic acids is 1. The molecular weight excluding hydrogens is 1020 g/mol. The minimum atomic E-state index is -1.07. The van der Waals surface area contributed by atoms with Gasteiger partial charge in [-0.1, -0.05) is 75.7 Å². The van der Waals surface area contributed by atoms with E-state index in [1.54, 1.807) is 76.5 Å². The first-order chi connectivity index (χ1) is 36.1. The van der Waals surface area contributed by atoms with E-state index in [1.165, 1.54) is 6.92 Å². The highest BCUT2D eigenvalue weighted by Crippen LogP contribution is 2.27. The van der Waals surface area contributed by atoms with Gasteiger partial charge in [0.2, 0.25) is 6.29 Å². The first kappa shape index (κ1) is 67.7. The zero-order valence-electron chi connectivity index (χ0n) is 47.6. The van der Waals surface area contributed by atoms with Crippen LogP contribution in [0.4, 0.5) is 9.59 Å². The number of halogens is 1. The van der Waals surface area contributed by atoms with Crippen molar-refractivity contribution in [1.29, 1.82) is 0 Å². The molecule has 2 aliphatic rings. The number of alkyl halides is 1. The SMILES string of the molecule is CC(C)[C@H](CNC(=O)OC(C)(C)C)C(=O)O.COCc1ccccc1OCC1CC(C(=O)OC(C)Cl)CCO1.COCc1ccccc1OCC1CC(C(=O)OC(C)OC(=O)[C@@H](CNC(=O)OC(C)(C)C)C(C)C)CCO1. The number of amides is 2. The molecule has 2 amide bonds. The molecule has 436 valence electrons. The van der Waals surface area contributed by atoms with Crippen molar-refractivity contribution in [3.05, 3.63) is 59.7 Å². The van der Waals surface area contributed by atoms with Crippen LogP contribution in [-0.2, 0) is 75.0 Å². The summed E-state index contributed by atoms with van der Waals surface area (Å²) in [6.45, 7) is 23.6. The number of rotatable bonds is 23. The second-order valence-electron chi connectivity index (χ2n) is 21.4. The number of esters is 3. The second kappa shape index (κ2) is 34.5. The van der Waals surface area contributed by atoms with E-state index in [4.69, 9.17) is 68.8 Å². The number of alkyl carbamates (subject to hydrolysis) is 2. The molecule has 2 aromatic carbocycles. The molecule has 77 heavy (non-hydrogen) atoms.